The second-order valence-corrected chi connectivity index (χ2v) is 7.37. The maximum absolute atomic E-state index is 5.88. The van der Waals surface area contributed by atoms with Crippen molar-refractivity contribution < 1.29 is 4.74 Å². The first-order valence-electron chi connectivity index (χ1n) is 8.86. The number of hydrogen-bond donors (Lipinski definition) is 1. The van der Waals surface area contributed by atoms with Crippen LogP contribution in [0.5, 0.6) is 0 Å². The van der Waals surface area contributed by atoms with Crippen LogP contribution in [-0.4, -0.2) is 49.8 Å². The molecule has 0 amide bonds. The van der Waals surface area contributed by atoms with Crippen molar-refractivity contribution in [3.63, 3.8) is 0 Å². The number of hydrogen-bond acceptors (Lipinski definition) is 3. The van der Waals surface area contributed by atoms with E-state index in [4.69, 9.17) is 4.74 Å². The Morgan fingerprint density at radius 1 is 1.25 bits per heavy atom. The monoisotopic (exact) mass is 280 g/mol. The molecule has 3 rings (SSSR count). The molecule has 1 atom stereocenters. The Kier molecular flexibility index (Phi) is 5.00. The van der Waals surface area contributed by atoms with E-state index in [2.05, 4.69) is 17.1 Å². The highest BCUT2D eigenvalue weighted by Gasteiger charge is 2.39. The lowest BCUT2D eigenvalue weighted by atomic mass is 9.81. The first-order chi connectivity index (χ1) is 9.81. The molecule has 116 valence electrons. The fourth-order valence-corrected chi connectivity index (χ4v) is 3.50. The van der Waals surface area contributed by atoms with Crippen molar-refractivity contribution in [3.8, 4) is 0 Å². The molecule has 1 N–H and O–H groups in total. The van der Waals surface area contributed by atoms with Gasteiger partial charge in [-0.3, -0.25) is 4.90 Å². The standard InChI is InChI=1S/C17H32N2O/c1-2-3-10-19(16-7-8-16)13-17(9-4-11-20-14-17)12-18-15-5-6-15/h15-16,18H,2-14H2,1H3. The Bertz CT molecular complexity index is 293. The Morgan fingerprint density at radius 3 is 2.70 bits per heavy atom. The highest BCUT2D eigenvalue weighted by molar-refractivity contribution is 4.94. The summed E-state index contributed by atoms with van der Waals surface area (Å²) in [5, 5.41) is 3.78. The van der Waals surface area contributed by atoms with Crippen molar-refractivity contribution >= 4 is 0 Å². The van der Waals surface area contributed by atoms with Crippen LogP contribution in [0.4, 0.5) is 0 Å². The Labute approximate surface area is 124 Å². The van der Waals surface area contributed by atoms with Crippen LogP contribution >= 0.6 is 0 Å². The van der Waals surface area contributed by atoms with Crippen LogP contribution in [0.1, 0.15) is 58.3 Å². The summed E-state index contributed by atoms with van der Waals surface area (Å²) in [5.74, 6) is 0. The average molecular weight is 280 g/mol. The minimum Gasteiger partial charge on any atom is -0.381 e. The van der Waals surface area contributed by atoms with Gasteiger partial charge < -0.3 is 10.1 Å². The molecule has 20 heavy (non-hydrogen) atoms. The molecule has 2 saturated carbocycles. The van der Waals surface area contributed by atoms with Crippen molar-refractivity contribution in [3.05, 3.63) is 0 Å². The molecule has 0 radical (unpaired) electrons. The van der Waals surface area contributed by atoms with E-state index in [1.54, 1.807) is 0 Å². The third kappa shape index (κ3) is 4.19. The SMILES string of the molecule is CCCCN(CC1(CNC2CC2)CCCOC1)C1CC1. The third-order valence-corrected chi connectivity index (χ3v) is 5.15. The van der Waals surface area contributed by atoms with Crippen LogP contribution in [0, 0.1) is 5.41 Å². The summed E-state index contributed by atoms with van der Waals surface area (Å²) in [5.41, 5.74) is 0.386. The molecular formula is C17H32N2O. The zero-order valence-corrected chi connectivity index (χ0v) is 13.2. The van der Waals surface area contributed by atoms with E-state index in [1.807, 2.05) is 0 Å². The van der Waals surface area contributed by atoms with Crippen LogP contribution in [-0.2, 0) is 4.74 Å². The summed E-state index contributed by atoms with van der Waals surface area (Å²) in [6.45, 7) is 7.99. The smallest absolute Gasteiger partial charge is 0.0546 e. The maximum atomic E-state index is 5.88. The number of ether oxygens (including phenoxy) is 1. The van der Waals surface area contributed by atoms with E-state index < -0.39 is 0 Å². The van der Waals surface area contributed by atoms with Gasteiger partial charge in [0.05, 0.1) is 6.61 Å². The van der Waals surface area contributed by atoms with Crippen LogP contribution in [0.3, 0.4) is 0 Å². The normalized spacial score (nSPS) is 30.9. The molecule has 1 heterocycles. The minimum atomic E-state index is 0.386. The molecular weight excluding hydrogens is 248 g/mol. The van der Waals surface area contributed by atoms with Crippen LogP contribution in [0.15, 0.2) is 0 Å². The summed E-state index contributed by atoms with van der Waals surface area (Å²) in [6.07, 6.45) is 10.9. The van der Waals surface area contributed by atoms with E-state index in [0.29, 0.717) is 5.41 Å². The predicted molar refractivity (Wildman–Crippen MR) is 83.0 cm³/mol. The van der Waals surface area contributed by atoms with E-state index in [1.165, 1.54) is 71.0 Å². The lowest BCUT2D eigenvalue weighted by molar-refractivity contribution is -0.0279. The van der Waals surface area contributed by atoms with Crippen molar-refractivity contribution in [2.45, 2.75) is 70.4 Å². The van der Waals surface area contributed by atoms with Crippen molar-refractivity contribution in [1.82, 2.24) is 10.2 Å². The lowest BCUT2D eigenvalue weighted by Gasteiger charge is -2.41. The minimum absolute atomic E-state index is 0.386. The van der Waals surface area contributed by atoms with Gasteiger partial charge in [0.2, 0.25) is 0 Å². The molecule has 0 aromatic rings. The Morgan fingerprint density at radius 2 is 2.10 bits per heavy atom. The van der Waals surface area contributed by atoms with E-state index in [0.717, 1.165) is 25.3 Å². The quantitative estimate of drug-likeness (QED) is 0.703. The molecule has 0 spiro atoms. The summed E-state index contributed by atoms with van der Waals surface area (Å²) < 4.78 is 5.88. The molecule has 3 aliphatic rings. The second-order valence-electron chi connectivity index (χ2n) is 7.37. The molecule has 3 heteroatoms. The lowest BCUT2D eigenvalue weighted by Crippen LogP contribution is -2.50. The number of unbranched alkanes of at least 4 members (excludes halogenated alkanes) is 1. The Balaban J connectivity index is 1.57. The molecule has 1 unspecified atom stereocenters. The van der Waals surface area contributed by atoms with Gasteiger partial charge in [-0.15, -0.1) is 0 Å². The molecule has 0 aromatic carbocycles. The van der Waals surface area contributed by atoms with Gasteiger partial charge in [-0.25, -0.2) is 0 Å². The van der Waals surface area contributed by atoms with Crippen molar-refractivity contribution in [2.24, 2.45) is 5.41 Å². The number of rotatable bonds is 9. The van der Waals surface area contributed by atoms with E-state index in [9.17, 15) is 0 Å². The molecule has 1 saturated heterocycles. The molecule has 2 aliphatic carbocycles. The van der Waals surface area contributed by atoms with Crippen molar-refractivity contribution in [1.29, 1.82) is 0 Å². The highest BCUT2D eigenvalue weighted by atomic mass is 16.5. The molecule has 0 aromatic heterocycles. The predicted octanol–water partition coefficient (Wildman–Crippen LogP) is 2.80. The van der Waals surface area contributed by atoms with E-state index in [-0.39, 0.29) is 0 Å². The zero-order valence-electron chi connectivity index (χ0n) is 13.2. The van der Waals surface area contributed by atoms with Gasteiger partial charge in [0, 0.05) is 37.2 Å². The first kappa shape index (κ1) is 14.8. The highest BCUT2D eigenvalue weighted by Crippen LogP contribution is 2.35. The van der Waals surface area contributed by atoms with E-state index >= 15 is 0 Å². The maximum Gasteiger partial charge on any atom is 0.0546 e. The van der Waals surface area contributed by atoms with Gasteiger partial charge in [-0.05, 0) is 51.5 Å². The fourth-order valence-electron chi connectivity index (χ4n) is 3.50. The van der Waals surface area contributed by atoms with Gasteiger partial charge in [-0.1, -0.05) is 13.3 Å². The summed E-state index contributed by atoms with van der Waals surface area (Å²) in [6, 6.07) is 1.71. The number of nitrogens with one attached hydrogen (secondary N) is 1. The third-order valence-electron chi connectivity index (χ3n) is 5.15. The largest absolute Gasteiger partial charge is 0.381 e. The molecule has 1 aliphatic heterocycles. The summed E-state index contributed by atoms with van der Waals surface area (Å²) >= 11 is 0. The molecule has 0 bridgehead atoms. The molecule has 3 nitrogen and oxygen atoms in total. The Hall–Kier alpha value is -0.120. The van der Waals surface area contributed by atoms with Gasteiger partial charge in [-0.2, -0.15) is 0 Å². The van der Waals surface area contributed by atoms with Gasteiger partial charge in [0.1, 0.15) is 0 Å². The number of nitrogens with zero attached hydrogens (tertiary/aromatic N) is 1. The van der Waals surface area contributed by atoms with Gasteiger partial charge >= 0.3 is 0 Å². The first-order valence-corrected chi connectivity index (χ1v) is 8.86. The average Bonchev–Trinajstić information content (AvgIpc) is 3.36. The topological polar surface area (TPSA) is 24.5 Å². The summed E-state index contributed by atoms with van der Waals surface area (Å²) in [4.78, 5) is 2.78. The fraction of sp³-hybridized carbons (Fsp3) is 1.00. The second kappa shape index (κ2) is 6.76. The van der Waals surface area contributed by atoms with Crippen LogP contribution in [0.25, 0.3) is 0 Å². The zero-order chi connectivity index (χ0) is 13.8. The van der Waals surface area contributed by atoms with Crippen LogP contribution < -0.4 is 5.32 Å². The molecule has 3 fully saturated rings. The van der Waals surface area contributed by atoms with Crippen molar-refractivity contribution in [2.75, 3.05) is 32.8 Å². The van der Waals surface area contributed by atoms with Gasteiger partial charge in [0.25, 0.3) is 0 Å². The summed E-state index contributed by atoms with van der Waals surface area (Å²) in [7, 11) is 0. The van der Waals surface area contributed by atoms with Gasteiger partial charge in [0.15, 0.2) is 0 Å². The van der Waals surface area contributed by atoms with Crippen LogP contribution in [0.2, 0.25) is 0 Å².